The van der Waals surface area contributed by atoms with Gasteiger partial charge in [-0.15, -0.1) is 0 Å². The molecule has 0 aromatic heterocycles. The van der Waals surface area contributed by atoms with Crippen molar-refractivity contribution in [2.75, 3.05) is 19.6 Å². The Kier molecular flexibility index (Phi) is 6.19. The molecule has 3 rings (SSSR count). The molecule has 1 aromatic rings. The van der Waals surface area contributed by atoms with E-state index >= 15 is 0 Å². The first-order valence-electron chi connectivity index (χ1n) is 9.20. The summed E-state index contributed by atoms with van der Waals surface area (Å²) in [6.07, 6.45) is 5.74. The second-order valence-corrected chi connectivity index (χ2v) is 7.34. The number of hydrogen-bond acceptors (Lipinski definition) is 2. The molecule has 1 atom stereocenters. The summed E-state index contributed by atoms with van der Waals surface area (Å²) in [7, 11) is 0. The number of piperidine rings is 1. The molecule has 2 fully saturated rings. The molecule has 25 heavy (non-hydrogen) atoms. The van der Waals surface area contributed by atoms with Crippen molar-refractivity contribution < 1.29 is 9.59 Å². The molecule has 0 radical (unpaired) electrons. The van der Waals surface area contributed by atoms with E-state index in [0.29, 0.717) is 18.0 Å². The van der Waals surface area contributed by atoms with Gasteiger partial charge in [-0.1, -0.05) is 23.7 Å². The number of carbonyl (C=O) groups is 2. The zero-order valence-corrected chi connectivity index (χ0v) is 15.3. The van der Waals surface area contributed by atoms with Gasteiger partial charge in [0.15, 0.2) is 0 Å². The molecule has 3 amide bonds. The van der Waals surface area contributed by atoms with Crippen molar-refractivity contribution in [1.82, 2.24) is 15.1 Å². The summed E-state index contributed by atoms with van der Waals surface area (Å²) in [6, 6.07) is 7.74. The number of likely N-dealkylation sites (tertiary alicyclic amines) is 2. The molecule has 2 heterocycles. The van der Waals surface area contributed by atoms with E-state index < -0.39 is 0 Å². The van der Waals surface area contributed by atoms with Crippen molar-refractivity contribution in [3.05, 3.63) is 34.9 Å². The highest BCUT2D eigenvalue weighted by Crippen LogP contribution is 2.21. The summed E-state index contributed by atoms with van der Waals surface area (Å²) in [5.41, 5.74) is 1.04. The van der Waals surface area contributed by atoms with E-state index in [2.05, 4.69) is 5.32 Å². The minimum absolute atomic E-state index is 0.00704. The molecule has 2 aliphatic rings. The lowest BCUT2D eigenvalue weighted by Gasteiger charge is -2.36. The third-order valence-corrected chi connectivity index (χ3v) is 5.40. The van der Waals surface area contributed by atoms with Gasteiger partial charge in [0.05, 0.1) is 0 Å². The number of halogens is 1. The summed E-state index contributed by atoms with van der Waals surface area (Å²) in [5, 5.41) is 3.72. The smallest absolute Gasteiger partial charge is 0.317 e. The van der Waals surface area contributed by atoms with Crippen molar-refractivity contribution in [1.29, 1.82) is 0 Å². The number of benzene rings is 1. The number of nitrogens with zero attached hydrogens (tertiary/aromatic N) is 2. The minimum atomic E-state index is -0.00704. The Hall–Kier alpha value is -1.75. The molecule has 1 N–H and O–H groups in total. The lowest BCUT2D eigenvalue weighted by molar-refractivity contribution is -0.127. The van der Waals surface area contributed by atoms with Crippen LogP contribution in [-0.4, -0.2) is 47.4 Å². The number of hydrogen-bond donors (Lipinski definition) is 1. The maximum Gasteiger partial charge on any atom is 0.317 e. The van der Waals surface area contributed by atoms with Crippen molar-refractivity contribution in [2.45, 2.75) is 51.1 Å². The van der Waals surface area contributed by atoms with Gasteiger partial charge in [-0.3, -0.25) is 4.79 Å². The van der Waals surface area contributed by atoms with Gasteiger partial charge in [0.25, 0.3) is 0 Å². The predicted octanol–water partition coefficient (Wildman–Crippen LogP) is 3.42. The average Bonchev–Trinajstić information content (AvgIpc) is 3.04. The second-order valence-electron chi connectivity index (χ2n) is 6.90. The summed E-state index contributed by atoms with van der Waals surface area (Å²) in [6.45, 7) is 2.94. The summed E-state index contributed by atoms with van der Waals surface area (Å²) in [5.74, 6) is 0.259. The molecule has 2 aliphatic heterocycles. The largest absolute Gasteiger partial charge is 0.343 e. The molecule has 0 aliphatic carbocycles. The van der Waals surface area contributed by atoms with Crippen LogP contribution in [0.15, 0.2) is 24.3 Å². The van der Waals surface area contributed by atoms with Crippen molar-refractivity contribution in [2.24, 2.45) is 0 Å². The molecule has 6 heteroatoms. The Morgan fingerprint density at radius 1 is 1.16 bits per heavy atom. The van der Waals surface area contributed by atoms with Crippen LogP contribution in [0, 0.1) is 0 Å². The molecule has 0 bridgehead atoms. The molecule has 5 nitrogen and oxygen atoms in total. The van der Waals surface area contributed by atoms with Crippen LogP contribution in [0.4, 0.5) is 4.79 Å². The van der Waals surface area contributed by atoms with E-state index in [4.69, 9.17) is 11.6 Å². The fourth-order valence-corrected chi connectivity index (χ4v) is 3.82. The van der Waals surface area contributed by atoms with E-state index in [1.165, 1.54) is 0 Å². The molecular weight excluding hydrogens is 338 g/mol. The molecule has 136 valence electrons. The van der Waals surface area contributed by atoms with E-state index in [1.54, 1.807) is 0 Å². The fourth-order valence-electron chi connectivity index (χ4n) is 3.69. The first kappa shape index (κ1) is 18.1. The van der Waals surface area contributed by atoms with E-state index in [1.807, 2.05) is 34.1 Å². The fraction of sp³-hybridized carbons (Fsp3) is 0.579. The highest BCUT2D eigenvalue weighted by molar-refractivity contribution is 6.30. The van der Waals surface area contributed by atoms with Gasteiger partial charge in [-0.2, -0.15) is 0 Å². The topological polar surface area (TPSA) is 52.7 Å². The van der Waals surface area contributed by atoms with Crippen LogP contribution in [0.25, 0.3) is 0 Å². The SMILES string of the molecule is O=C1CCCN1CCC1CCCCN1C(=O)NCc1ccc(Cl)cc1. The lowest BCUT2D eigenvalue weighted by Crippen LogP contribution is -2.49. The number of urea groups is 1. The normalized spacial score (nSPS) is 20.8. The molecule has 1 unspecified atom stereocenters. The van der Waals surface area contributed by atoms with Crippen LogP contribution in [0.3, 0.4) is 0 Å². The van der Waals surface area contributed by atoms with Crippen LogP contribution in [0.1, 0.15) is 44.1 Å². The van der Waals surface area contributed by atoms with Crippen LogP contribution in [0.5, 0.6) is 0 Å². The molecule has 1 aromatic carbocycles. The van der Waals surface area contributed by atoms with Gasteiger partial charge in [-0.05, 0) is 49.8 Å². The van der Waals surface area contributed by atoms with Crippen molar-refractivity contribution in [3.8, 4) is 0 Å². The first-order valence-corrected chi connectivity index (χ1v) is 9.58. The second kappa shape index (κ2) is 8.56. The predicted molar refractivity (Wildman–Crippen MR) is 98.5 cm³/mol. The minimum Gasteiger partial charge on any atom is -0.343 e. The third-order valence-electron chi connectivity index (χ3n) is 5.15. The van der Waals surface area contributed by atoms with Crippen LogP contribution in [-0.2, 0) is 11.3 Å². The zero-order valence-electron chi connectivity index (χ0n) is 14.5. The number of amides is 3. The van der Waals surface area contributed by atoms with Gasteiger partial charge >= 0.3 is 6.03 Å². The quantitative estimate of drug-likeness (QED) is 0.871. The maximum atomic E-state index is 12.6. The summed E-state index contributed by atoms with van der Waals surface area (Å²) in [4.78, 5) is 28.3. The molecule has 2 saturated heterocycles. The Bertz CT molecular complexity index is 605. The summed E-state index contributed by atoms with van der Waals surface area (Å²) >= 11 is 5.89. The van der Waals surface area contributed by atoms with Crippen molar-refractivity contribution >= 4 is 23.5 Å². The monoisotopic (exact) mass is 363 g/mol. The standard InChI is InChI=1S/C19H26ClN3O2/c20-16-8-6-15(7-9-16)14-21-19(25)23-12-2-1-4-17(23)10-13-22-11-3-5-18(22)24/h6-9,17H,1-5,10-14H2,(H,21,25). The van der Waals surface area contributed by atoms with Crippen LogP contribution >= 0.6 is 11.6 Å². The van der Waals surface area contributed by atoms with Gasteiger partial charge in [0.1, 0.15) is 0 Å². The van der Waals surface area contributed by atoms with Gasteiger partial charge in [-0.25, -0.2) is 4.79 Å². The Morgan fingerprint density at radius 3 is 2.68 bits per heavy atom. The van der Waals surface area contributed by atoms with Gasteiger partial charge < -0.3 is 15.1 Å². The van der Waals surface area contributed by atoms with E-state index in [9.17, 15) is 9.59 Å². The lowest BCUT2D eigenvalue weighted by atomic mass is 9.99. The number of nitrogens with one attached hydrogen (secondary N) is 1. The number of carbonyl (C=O) groups excluding carboxylic acids is 2. The Labute approximate surface area is 154 Å². The van der Waals surface area contributed by atoms with E-state index in [0.717, 1.165) is 57.3 Å². The maximum absolute atomic E-state index is 12.6. The number of rotatable bonds is 5. The summed E-state index contributed by atoms with van der Waals surface area (Å²) < 4.78 is 0. The molecule has 0 saturated carbocycles. The third kappa shape index (κ3) is 4.88. The van der Waals surface area contributed by atoms with Crippen molar-refractivity contribution in [3.63, 3.8) is 0 Å². The Balaban J connectivity index is 1.51. The van der Waals surface area contributed by atoms with Gasteiger partial charge in [0.2, 0.25) is 5.91 Å². The average molecular weight is 364 g/mol. The highest BCUT2D eigenvalue weighted by atomic mass is 35.5. The Morgan fingerprint density at radius 2 is 1.96 bits per heavy atom. The first-order chi connectivity index (χ1) is 12.1. The van der Waals surface area contributed by atoms with Crippen LogP contribution < -0.4 is 5.32 Å². The highest BCUT2D eigenvalue weighted by Gasteiger charge is 2.28. The molecular formula is C19H26ClN3O2. The van der Waals surface area contributed by atoms with E-state index in [-0.39, 0.29) is 18.0 Å². The molecule has 0 spiro atoms. The zero-order chi connectivity index (χ0) is 17.6. The van der Waals surface area contributed by atoms with Crippen LogP contribution in [0.2, 0.25) is 5.02 Å². The van der Waals surface area contributed by atoms with Gasteiger partial charge in [0, 0.05) is 43.7 Å².